The van der Waals surface area contributed by atoms with Gasteiger partial charge in [-0.3, -0.25) is 0 Å². The van der Waals surface area contributed by atoms with Crippen molar-refractivity contribution in [1.82, 2.24) is 9.88 Å². The van der Waals surface area contributed by atoms with Gasteiger partial charge >= 0.3 is 0 Å². The van der Waals surface area contributed by atoms with Gasteiger partial charge in [-0.05, 0) is 43.4 Å². The van der Waals surface area contributed by atoms with Crippen LogP contribution in [0.2, 0.25) is 0 Å². The molecule has 0 amide bonds. The highest BCUT2D eigenvalue weighted by molar-refractivity contribution is 5.09. The zero-order chi connectivity index (χ0) is 12.8. The van der Waals surface area contributed by atoms with Crippen LogP contribution < -0.4 is 5.32 Å². The molecule has 1 heterocycles. The number of aromatic nitrogens is 1. The van der Waals surface area contributed by atoms with E-state index in [0.717, 1.165) is 24.9 Å². The summed E-state index contributed by atoms with van der Waals surface area (Å²) in [4.78, 5) is 0. The van der Waals surface area contributed by atoms with Gasteiger partial charge in [-0.15, -0.1) is 0 Å². The van der Waals surface area contributed by atoms with Crippen molar-refractivity contribution in [2.24, 2.45) is 11.8 Å². The number of rotatable bonds is 6. The Balaban J connectivity index is 1.58. The molecule has 1 aromatic heterocycles. The van der Waals surface area contributed by atoms with E-state index in [9.17, 15) is 0 Å². The van der Waals surface area contributed by atoms with Gasteiger partial charge in [0, 0.05) is 25.5 Å². The molecule has 0 saturated heterocycles. The van der Waals surface area contributed by atoms with E-state index >= 15 is 0 Å². The molecule has 1 aliphatic rings. The van der Waals surface area contributed by atoms with Crippen LogP contribution in [0.4, 0.5) is 0 Å². The van der Waals surface area contributed by atoms with Crippen LogP contribution in [0.1, 0.15) is 51.5 Å². The van der Waals surface area contributed by atoms with Gasteiger partial charge in [0.1, 0.15) is 0 Å². The maximum absolute atomic E-state index is 3.58. The third kappa shape index (κ3) is 4.16. The topological polar surface area (TPSA) is 17.0 Å². The molecule has 0 aliphatic heterocycles. The Morgan fingerprint density at radius 1 is 1.28 bits per heavy atom. The predicted octanol–water partition coefficient (Wildman–Crippen LogP) is 3.81. The lowest BCUT2D eigenvalue weighted by Crippen LogP contribution is -2.20. The van der Waals surface area contributed by atoms with Gasteiger partial charge in [0.2, 0.25) is 0 Å². The van der Waals surface area contributed by atoms with E-state index < -0.39 is 0 Å². The van der Waals surface area contributed by atoms with Gasteiger partial charge in [-0.1, -0.05) is 32.6 Å². The van der Waals surface area contributed by atoms with Crippen molar-refractivity contribution in [2.45, 2.75) is 59.0 Å². The Morgan fingerprint density at radius 3 is 2.72 bits per heavy atom. The minimum absolute atomic E-state index is 0.975. The number of aryl methyl sites for hydroxylation is 1. The summed E-state index contributed by atoms with van der Waals surface area (Å²) in [7, 11) is 0. The first-order valence-corrected chi connectivity index (χ1v) is 7.63. The second-order valence-corrected chi connectivity index (χ2v) is 5.94. The van der Waals surface area contributed by atoms with E-state index in [2.05, 4.69) is 42.2 Å². The van der Waals surface area contributed by atoms with E-state index in [0.29, 0.717) is 0 Å². The molecule has 1 N–H and O–H groups in total. The zero-order valence-corrected chi connectivity index (χ0v) is 12.0. The Bertz CT molecular complexity index is 335. The van der Waals surface area contributed by atoms with Crippen molar-refractivity contribution >= 4 is 0 Å². The molecular weight excluding hydrogens is 220 g/mol. The molecule has 1 aliphatic carbocycles. The minimum atomic E-state index is 0.975. The van der Waals surface area contributed by atoms with Gasteiger partial charge in [-0.2, -0.15) is 0 Å². The van der Waals surface area contributed by atoms with Crippen LogP contribution in [0.25, 0.3) is 0 Å². The van der Waals surface area contributed by atoms with E-state index in [1.807, 2.05) is 0 Å². The van der Waals surface area contributed by atoms with Gasteiger partial charge in [-0.25, -0.2) is 0 Å². The SMILES string of the molecule is CCn1ccc(CNCCC2CCC(C)CC2)c1. The number of hydrogen-bond donors (Lipinski definition) is 1. The molecule has 0 bridgehead atoms. The summed E-state index contributed by atoms with van der Waals surface area (Å²) >= 11 is 0. The predicted molar refractivity (Wildman–Crippen MR) is 77.6 cm³/mol. The average molecular weight is 248 g/mol. The van der Waals surface area contributed by atoms with E-state index in [-0.39, 0.29) is 0 Å². The molecule has 0 spiro atoms. The summed E-state index contributed by atoms with van der Waals surface area (Å²) < 4.78 is 2.24. The first-order chi connectivity index (χ1) is 8.78. The maximum atomic E-state index is 3.58. The normalized spacial score (nSPS) is 24.3. The van der Waals surface area contributed by atoms with Gasteiger partial charge in [0.25, 0.3) is 0 Å². The number of nitrogens with one attached hydrogen (secondary N) is 1. The molecule has 1 aromatic rings. The zero-order valence-electron chi connectivity index (χ0n) is 12.0. The summed E-state index contributed by atoms with van der Waals surface area (Å²) in [6, 6.07) is 2.22. The summed E-state index contributed by atoms with van der Waals surface area (Å²) in [6.45, 7) is 7.85. The second kappa shape index (κ2) is 6.98. The summed E-state index contributed by atoms with van der Waals surface area (Å²) in [5, 5.41) is 3.58. The highest BCUT2D eigenvalue weighted by Crippen LogP contribution is 2.29. The van der Waals surface area contributed by atoms with E-state index in [4.69, 9.17) is 0 Å². The quantitative estimate of drug-likeness (QED) is 0.757. The van der Waals surface area contributed by atoms with Crippen molar-refractivity contribution in [3.63, 3.8) is 0 Å². The molecule has 1 fully saturated rings. The molecule has 2 heteroatoms. The largest absolute Gasteiger partial charge is 0.354 e. The van der Waals surface area contributed by atoms with Crippen LogP contribution in [-0.4, -0.2) is 11.1 Å². The monoisotopic (exact) mass is 248 g/mol. The fourth-order valence-electron chi connectivity index (χ4n) is 2.95. The summed E-state index contributed by atoms with van der Waals surface area (Å²) in [5.74, 6) is 1.96. The van der Waals surface area contributed by atoms with Crippen LogP contribution in [-0.2, 0) is 13.1 Å². The lowest BCUT2D eigenvalue weighted by molar-refractivity contribution is 0.275. The molecule has 0 aromatic carbocycles. The second-order valence-electron chi connectivity index (χ2n) is 5.94. The highest BCUT2D eigenvalue weighted by atomic mass is 14.9. The fraction of sp³-hybridized carbons (Fsp3) is 0.750. The molecule has 102 valence electrons. The molecule has 18 heavy (non-hydrogen) atoms. The third-order valence-corrected chi connectivity index (χ3v) is 4.37. The van der Waals surface area contributed by atoms with Gasteiger partial charge in [0.05, 0.1) is 0 Å². The van der Waals surface area contributed by atoms with E-state index in [1.165, 1.54) is 44.2 Å². The smallest absolute Gasteiger partial charge is 0.0220 e. The molecular formula is C16H28N2. The summed E-state index contributed by atoms with van der Waals surface area (Å²) in [6.07, 6.45) is 11.6. The number of hydrogen-bond acceptors (Lipinski definition) is 1. The van der Waals surface area contributed by atoms with Crippen LogP contribution in [0.15, 0.2) is 18.5 Å². The van der Waals surface area contributed by atoms with Crippen molar-refractivity contribution < 1.29 is 0 Å². The third-order valence-electron chi connectivity index (χ3n) is 4.37. The number of nitrogens with zero attached hydrogens (tertiary/aromatic N) is 1. The molecule has 0 unspecified atom stereocenters. The lowest BCUT2D eigenvalue weighted by Gasteiger charge is -2.26. The molecule has 0 atom stereocenters. The highest BCUT2D eigenvalue weighted by Gasteiger charge is 2.17. The van der Waals surface area contributed by atoms with Crippen LogP contribution in [0.3, 0.4) is 0 Å². The fourth-order valence-corrected chi connectivity index (χ4v) is 2.95. The van der Waals surface area contributed by atoms with Crippen molar-refractivity contribution in [2.75, 3.05) is 6.54 Å². The minimum Gasteiger partial charge on any atom is -0.354 e. The van der Waals surface area contributed by atoms with Crippen molar-refractivity contribution in [3.8, 4) is 0 Å². The van der Waals surface area contributed by atoms with Crippen molar-refractivity contribution in [3.05, 3.63) is 24.0 Å². The standard InChI is InChI=1S/C16H28N2/c1-3-18-11-9-16(13-18)12-17-10-8-15-6-4-14(2)5-7-15/h9,11,13-15,17H,3-8,10,12H2,1-2H3. The van der Waals surface area contributed by atoms with Crippen molar-refractivity contribution in [1.29, 1.82) is 0 Å². The van der Waals surface area contributed by atoms with Gasteiger partial charge in [0.15, 0.2) is 0 Å². The van der Waals surface area contributed by atoms with Crippen LogP contribution >= 0.6 is 0 Å². The lowest BCUT2D eigenvalue weighted by atomic mass is 9.81. The molecule has 0 radical (unpaired) electrons. The Labute approximate surface area is 112 Å². The van der Waals surface area contributed by atoms with Crippen LogP contribution in [0.5, 0.6) is 0 Å². The Morgan fingerprint density at radius 2 is 2.06 bits per heavy atom. The molecule has 1 saturated carbocycles. The Hall–Kier alpha value is -0.760. The van der Waals surface area contributed by atoms with Crippen LogP contribution in [0, 0.1) is 11.8 Å². The molecule has 2 nitrogen and oxygen atoms in total. The Kier molecular flexibility index (Phi) is 5.30. The first-order valence-electron chi connectivity index (χ1n) is 7.63. The molecule has 2 rings (SSSR count). The van der Waals surface area contributed by atoms with Gasteiger partial charge < -0.3 is 9.88 Å². The summed E-state index contributed by atoms with van der Waals surface area (Å²) in [5.41, 5.74) is 1.41. The maximum Gasteiger partial charge on any atom is 0.0220 e. The van der Waals surface area contributed by atoms with E-state index in [1.54, 1.807) is 0 Å². The first kappa shape index (κ1) is 13.7. The average Bonchev–Trinajstić information content (AvgIpc) is 2.85.